The predicted molar refractivity (Wildman–Crippen MR) is 97.3 cm³/mol. The van der Waals surface area contributed by atoms with Gasteiger partial charge in [0.05, 0.1) is 4.90 Å². The van der Waals surface area contributed by atoms with Crippen LogP contribution in [0.3, 0.4) is 0 Å². The molecule has 7 nitrogen and oxygen atoms in total. The molecule has 144 valence electrons. The average molecular weight is 382 g/mol. The molecule has 2 rings (SSSR count). The molecule has 1 heterocycles. The molecule has 1 saturated heterocycles. The maximum atomic E-state index is 12.8. The summed E-state index contributed by atoms with van der Waals surface area (Å²) in [7, 11) is -2.20. The Morgan fingerprint density at radius 2 is 1.65 bits per heavy atom. The Bertz CT molecular complexity index is 765. The number of hydrogen-bond acceptors (Lipinski definition) is 4. The van der Waals surface area contributed by atoms with Gasteiger partial charge < -0.3 is 10.0 Å². The summed E-state index contributed by atoms with van der Waals surface area (Å²) in [6.45, 7) is 6.48. The Labute approximate surface area is 154 Å². The highest BCUT2D eigenvalue weighted by Crippen LogP contribution is 2.26. The summed E-state index contributed by atoms with van der Waals surface area (Å²) in [5.41, 5.74) is 0.250. The molecule has 0 bridgehead atoms. The van der Waals surface area contributed by atoms with E-state index >= 15 is 0 Å². The van der Waals surface area contributed by atoms with E-state index < -0.39 is 27.9 Å². The molecule has 1 aromatic carbocycles. The van der Waals surface area contributed by atoms with Gasteiger partial charge in [-0.3, -0.25) is 4.79 Å². The number of carboxylic acid groups (broad SMARTS) is 1. The topological polar surface area (TPSA) is 95.0 Å². The number of nitrogens with zero attached hydrogens (tertiary/aromatic N) is 2. The quantitative estimate of drug-likeness (QED) is 0.839. The van der Waals surface area contributed by atoms with Gasteiger partial charge >= 0.3 is 5.97 Å². The maximum absolute atomic E-state index is 12.8. The van der Waals surface area contributed by atoms with Crippen LogP contribution in [0.1, 0.15) is 37.6 Å². The van der Waals surface area contributed by atoms with E-state index in [-0.39, 0.29) is 10.5 Å². The van der Waals surface area contributed by atoms with Crippen molar-refractivity contribution < 1.29 is 23.1 Å². The number of aliphatic carboxylic acids is 1. The van der Waals surface area contributed by atoms with Crippen molar-refractivity contribution in [3.63, 3.8) is 0 Å². The predicted octanol–water partition coefficient (Wildman–Crippen LogP) is 1.90. The van der Waals surface area contributed by atoms with E-state index in [4.69, 9.17) is 5.11 Å². The van der Waals surface area contributed by atoms with E-state index in [0.29, 0.717) is 24.9 Å². The lowest BCUT2D eigenvalue weighted by molar-refractivity contribution is -0.141. The first kappa shape index (κ1) is 20.4. The molecule has 0 aromatic heterocycles. The Hall–Kier alpha value is -1.93. The molecule has 8 heteroatoms. The van der Waals surface area contributed by atoms with Crippen LogP contribution in [0.15, 0.2) is 29.2 Å². The van der Waals surface area contributed by atoms with Gasteiger partial charge in [-0.2, -0.15) is 4.31 Å². The van der Waals surface area contributed by atoms with Crippen molar-refractivity contribution in [2.24, 2.45) is 11.8 Å². The Morgan fingerprint density at radius 3 is 2.12 bits per heavy atom. The number of piperidine rings is 1. The number of sulfonamides is 1. The first-order chi connectivity index (χ1) is 12.0. The van der Waals surface area contributed by atoms with Gasteiger partial charge in [0.2, 0.25) is 10.0 Å². The lowest BCUT2D eigenvalue weighted by Gasteiger charge is -2.34. The highest BCUT2D eigenvalue weighted by Gasteiger charge is 2.32. The van der Waals surface area contributed by atoms with Crippen LogP contribution < -0.4 is 0 Å². The third-order valence-electron chi connectivity index (χ3n) is 4.83. The third kappa shape index (κ3) is 4.24. The molecule has 0 aliphatic carbocycles. The minimum atomic E-state index is -3.61. The van der Waals surface area contributed by atoms with Gasteiger partial charge in [-0.1, -0.05) is 13.8 Å². The van der Waals surface area contributed by atoms with Crippen molar-refractivity contribution in [1.29, 1.82) is 0 Å². The smallest absolute Gasteiger partial charge is 0.326 e. The number of amides is 1. The number of benzene rings is 1. The van der Waals surface area contributed by atoms with E-state index in [1.165, 1.54) is 42.5 Å². The summed E-state index contributed by atoms with van der Waals surface area (Å²) < 4.78 is 27.2. The summed E-state index contributed by atoms with van der Waals surface area (Å²) in [5, 5.41) is 9.01. The number of likely N-dealkylation sites (N-methyl/N-ethyl adjacent to an activating group) is 1. The number of carboxylic acids is 1. The number of rotatable bonds is 5. The van der Waals surface area contributed by atoms with Crippen molar-refractivity contribution >= 4 is 21.9 Å². The van der Waals surface area contributed by atoms with Crippen LogP contribution >= 0.6 is 0 Å². The van der Waals surface area contributed by atoms with Crippen molar-refractivity contribution in [1.82, 2.24) is 9.21 Å². The highest BCUT2D eigenvalue weighted by atomic mass is 32.2. The van der Waals surface area contributed by atoms with Gasteiger partial charge in [-0.25, -0.2) is 13.2 Å². The second-order valence-electron chi connectivity index (χ2n) is 7.22. The molecule has 26 heavy (non-hydrogen) atoms. The standard InChI is InChI=1S/C18H26N2O5S/c1-12-9-13(2)11-20(10-12)26(24,25)16-7-5-15(6-8-16)17(21)19(4)14(3)18(22)23/h5-8,12-14H,9-11H2,1-4H3,(H,22,23). The van der Waals surface area contributed by atoms with Gasteiger partial charge in [-0.15, -0.1) is 0 Å². The van der Waals surface area contributed by atoms with E-state index in [1.807, 2.05) is 13.8 Å². The molecule has 1 amide bonds. The first-order valence-corrected chi connectivity index (χ1v) is 10.1. The first-order valence-electron chi connectivity index (χ1n) is 8.64. The second-order valence-corrected chi connectivity index (χ2v) is 9.16. The molecule has 0 radical (unpaired) electrons. The van der Waals surface area contributed by atoms with Crippen molar-refractivity contribution in [2.45, 2.75) is 38.1 Å². The summed E-state index contributed by atoms with van der Waals surface area (Å²) in [5.74, 6) is -0.960. The van der Waals surface area contributed by atoms with E-state index in [0.717, 1.165) is 11.3 Å². The summed E-state index contributed by atoms with van der Waals surface area (Å²) in [6, 6.07) is 4.70. The molecular formula is C18H26N2O5S. The molecule has 1 aromatic rings. The molecule has 3 atom stereocenters. The zero-order valence-electron chi connectivity index (χ0n) is 15.5. The van der Waals surface area contributed by atoms with E-state index in [9.17, 15) is 18.0 Å². The minimum Gasteiger partial charge on any atom is -0.480 e. The van der Waals surface area contributed by atoms with Gasteiger partial charge in [-0.05, 0) is 49.4 Å². The van der Waals surface area contributed by atoms with Gasteiger partial charge in [0.25, 0.3) is 5.91 Å². The molecule has 3 unspecified atom stereocenters. The van der Waals surface area contributed by atoms with Crippen molar-refractivity contribution in [3.8, 4) is 0 Å². The Morgan fingerprint density at radius 1 is 1.15 bits per heavy atom. The molecule has 1 N–H and O–H groups in total. The normalized spacial score (nSPS) is 22.6. The summed E-state index contributed by atoms with van der Waals surface area (Å²) in [4.78, 5) is 24.6. The van der Waals surface area contributed by atoms with Crippen LogP contribution in [0.4, 0.5) is 0 Å². The highest BCUT2D eigenvalue weighted by molar-refractivity contribution is 7.89. The lowest BCUT2D eigenvalue weighted by Crippen LogP contribution is -2.42. The molecule has 1 aliphatic rings. The number of hydrogen-bond donors (Lipinski definition) is 1. The van der Waals surface area contributed by atoms with Crippen LogP contribution in [0.25, 0.3) is 0 Å². The van der Waals surface area contributed by atoms with Crippen LogP contribution in [-0.2, 0) is 14.8 Å². The lowest BCUT2D eigenvalue weighted by atomic mass is 9.94. The fraction of sp³-hybridized carbons (Fsp3) is 0.556. The molecule has 0 spiro atoms. The fourth-order valence-corrected chi connectivity index (χ4v) is 4.95. The number of carbonyl (C=O) groups is 2. The van der Waals surface area contributed by atoms with Crippen molar-refractivity contribution in [3.05, 3.63) is 29.8 Å². The molecule has 1 aliphatic heterocycles. The van der Waals surface area contributed by atoms with Crippen LogP contribution in [-0.4, -0.2) is 60.8 Å². The molecule has 1 fully saturated rings. The minimum absolute atomic E-state index is 0.143. The van der Waals surface area contributed by atoms with Gasteiger partial charge in [0, 0.05) is 25.7 Å². The third-order valence-corrected chi connectivity index (χ3v) is 6.68. The molecule has 0 saturated carbocycles. The molecular weight excluding hydrogens is 356 g/mol. The average Bonchev–Trinajstić information content (AvgIpc) is 2.59. The van der Waals surface area contributed by atoms with E-state index in [1.54, 1.807) is 0 Å². The zero-order chi connectivity index (χ0) is 19.6. The van der Waals surface area contributed by atoms with Gasteiger partial charge in [0.15, 0.2) is 0 Å². The van der Waals surface area contributed by atoms with Crippen molar-refractivity contribution in [2.75, 3.05) is 20.1 Å². The maximum Gasteiger partial charge on any atom is 0.326 e. The van der Waals surface area contributed by atoms with Gasteiger partial charge in [0.1, 0.15) is 6.04 Å². The van der Waals surface area contributed by atoms with Crippen LogP contribution in [0.5, 0.6) is 0 Å². The summed E-state index contributed by atoms with van der Waals surface area (Å²) >= 11 is 0. The SMILES string of the molecule is CC1CC(C)CN(S(=O)(=O)c2ccc(C(=O)N(C)C(C)C(=O)O)cc2)C1. The van der Waals surface area contributed by atoms with Crippen LogP contribution in [0, 0.1) is 11.8 Å². The zero-order valence-corrected chi connectivity index (χ0v) is 16.4. The number of carbonyl (C=O) groups excluding carboxylic acids is 1. The van der Waals surface area contributed by atoms with E-state index in [2.05, 4.69) is 0 Å². The fourth-order valence-electron chi connectivity index (χ4n) is 3.27. The summed E-state index contributed by atoms with van der Waals surface area (Å²) in [6.07, 6.45) is 1.01. The Balaban J connectivity index is 2.20. The van der Waals surface area contributed by atoms with Crippen LogP contribution in [0.2, 0.25) is 0 Å². The second kappa shape index (κ2) is 7.75. The Kier molecular flexibility index (Phi) is 6.08. The monoisotopic (exact) mass is 382 g/mol. The largest absolute Gasteiger partial charge is 0.480 e.